The number of aromatic nitrogens is 3. The zero-order valence-electron chi connectivity index (χ0n) is 13.7. The van der Waals surface area contributed by atoms with Crippen LogP contribution in [0.1, 0.15) is 11.3 Å². The molecule has 0 atom stereocenters. The van der Waals surface area contributed by atoms with E-state index in [2.05, 4.69) is 47.0 Å². The molecule has 0 aliphatic carbocycles. The van der Waals surface area contributed by atoms with Crippen LogP contribution in [0.25, 0.3) is 0 Å². The van der Waals surface area contributed by atoms with E-state index >= 15 is 0 Å². The molecule has 3 rings (SSSR count). The standard InChI is InChI=1S/C16H14BrFN6O3/c17-11-7-10(2-3-12(11)18)21-16(22-26)14-15(24-27-23-14)19-6-5-9-1-4-13(25)20-8-9/h1-4,7-8,26H,5-6H2,(H,19,24)(H,20,25)(H,21,22). The Morgan fingerprint density at radius 2 is 2.19 bits per heavy atom. The minimum absolute atomic E-state index is 0.0266. The second-order valence-corrected chi connectivity index (χ2v) is 6.26. The van der Waals surface area contributed by atoms with Crippen LogP contribution in [0.15, 0.2) is 55.6 Å². The topological polar surface area (TPSA) is 128 Å². The van der Waals surface area contributed by atoms with Gasteiger partial charge in [0.05, 0.1) is 4.47 Å². The number of pyridine rings is 1. The summed E-state index contributed by atoms with van der Waals surface area (Å²) in [5.41, 5.74) is 1.38. The number of rotatable bonds is 6. The molecule has 140 valence electrons. The van der Waals surface area contributed by atoms with Crippen LogP contribution in [-0.2, 0) is 6.42 Å². The van der Waals surface area contributed by atoms with E-state index in [0.29, 0.717) is 18.7 Å². The molecule has 11 heteroatoms. The Kier molecular flexibility index (Phi) is 5.81. The molecule has 27 heavy (non-hydrogen) atoms. The summed E-state index contributed by atoms with van der Waals surface area (Å²) in [6.07, 6.45) is 2.23. The largest absolute Gasteiger partial charge is 0.409 e. The van der Waals surface area contributed by atoms with E-state index in [1.165, 1.54) is 24.3 Å². The molecular weight excluding hydrogens is 423 g/mol. The van der Waals surface area contributed by atoms with Gasteiger partial charge in [-0.25, -0.2) is 9.02 Å². The van der Waals surface area contributed by atoms with E-state index in [1.54, 1.807) is 12.3 Å². The first-order valence-corrected chi connectivity index (χ1v) is 8.54. The quantitative estimate of drug-likeness (QED) is 0.202. The highest BCUT2D eigenvalue weighted by atomic mass is 79.9. The van der Waals surface area contributed by atoms with Gasteiger partial charge in [-0.3, -0.25) is 4.79 Å². The molecule has 0 amide bonds. The molecule has 0 fully saturated rings. The molecule has 2 heterocycles. The fourth-order valence-corrected chi connectivity index (χ4v) is 2.60. The van der Waals surface area contributed by atoms with Crippen LogP contribution in [0.2, 0.25) is 0 Å². The van der Waals surface area contributed by atoms with Gasteiger partial charge in [0.2, 0.25) is 17.2 Å². The molecule has 0 bridgehead atoms. The number of hydrogen-bond donors (Lipinski definition) is 4. The second kappa shape index (κ2) is 8.45. The SMILES string of the molecule is O=c1ccc(CCNc2nonc2C(=NO)Nc2ccc(F)c(Br)c2)c[nH]1. The van der Waals surface area contributed by atoms with Crippen molar-refractivity contribution in [2.45, 2.75) is 6.42 Å². The monoisotopic (exact) mass is 436 g/mol. The van der Waals surface area contributed by atoms with Gasteiger partial charge >= 0.3 is 0 Å². The number of H-pyrrole nitrogens is 1. The molecule has 0 unspecified atom stereocenters. The van der Waals surface area contributed by atoms with E-state index in [4.69, 9.17) is 4.63 Å². The molecule has 0 saturated heterocycles. The van der Waals surface area contributed by atoms with Crippen LogP contribution >= 0.6 is 15.9 Å². The smallest absolute Gasteiger partial charge is 0.247 e. The van der Waals surface area contributed by atoms with Crippen LogP contribution in [0.3, 0.4) is 0 Å². The van der Waals surface area contributed by atoms with Crippen molar-refractivity contribution < 1.29 is 14.2 Å². The van der Waals surface area contributed by atoms with Gasteiger partial charge < -0.3 is 20.8 Å². The van der Waals surface area contributed by atoms with Crippen molar-refractivity contribution in [1.82, 2.24) is 15.3 Å². The zero-order valence-corrected chi connectivity index (χ0v) is 15.3. The van der Waals surface area contributed by atoms with Crippen molar-refractivity contribution in [2.24, 2.45) is 5.16 Å². The molecule has 9 nitrogen and oxygen atoms in total. The van der Waals surface area contributed by atoms with Crippen molar-refractivity contribution in [1.29, 1.82) is 0 Å². The number of oxime groups is 1. The Hall–Kier alpha value is -3.21. The number of amidine groups is 1. The Morgan fingerprint density at radius 3 is 2.89 bits per heavy atom. The molecular formula is C16H14BrFN6O3. The van der Waals surface area contributed by atoms with Crippen molar-refractivity contribution in [3.05, 3.63) is 68.4 Å². The summed E-state index contributed by atoms with van der Waals surface area (Å²) >= 11 is 3.08. The van der Waals surface area contributed by atoms with Gasteiger partial charge in [-0.15, -0.1) is 0 Å². The van der Waals surface area contributed by atoms with Gasteiger partial charge in [0, 0.05) is 24.5 Å². The highest BCUT2D eigenvalue weighted by Gasteiger charge is 2.18. The number of aromatic amines is 1. The highest BCUT2D eigenvalue weighted by molar-refractivity contribution is 9.10. The van der Waals surface area contributed by atoms with Gasteiger partial charge in [0.1, 0.15) is 5.82 Å². The molecule has 2 aromatic heterocycles. The summed E-state index contributed by atoms with van der Waals surface area (Å²) in [6, 6.07) is 7.38. The number of anilines is 2. The van der Waals surface area contributed by atoms with Gasteiger partial charge in [-0.2, -0.15) is 0 Å². The van der Waals surface area contributed by atoms with E-state index in [9.17, 15) is 14.4 Å². The van der Waals surface area contributed by atoms with Crippen molar-refractivity contribution in [2.75, 3.05) is 17.2 Å². The maximum absolute atomic E-state index is 13.3. The number of halogens is 2. The Balaban J connectivity index is 1.67. The molecule has 0 aliphatic heterocycles. The lowest BCUT2D eigenvalue weighted by molar-refractivity contribution is 0.305. The molecule has 0 spiro atoms. The summed E-state index contributed by atoms with van der Waals surface area (Å²) in [4.78, 5) is 13.7. The maximum atomic E-state index is 13.3. The lowest BCUT2D eigenvalue weighted by Gasteiger charge is -2.08. The maximum Gasteiger partial charge on any atom is 0.247 e. The van der Waals surface area contributed by atoms with Crippen LogP contribution in [0.4, 0.5) is 15.9 Å². The van der Waals surface area contributed by atoms with E-state index in [-0.39, 0.29) is 27.4 Å². The number of nitrogens with zero attached hydrogens (tertiary/aromatic N) is 3. The minimum atomic E-state index is -0.421. The molecule has 1 aromatic carbocycles. The Labute approximate surface area is 160 Å². The third-order valence-electron chi connectivity index (χ3n) is 3.55. The van der Waals surface area contributed by atoms with Gasteiger partial charge in [0.25, 0.3) is 0 Å². The number of hydrogen-bond acceptors (Lipinski definition) is 7. The fraction of sp³-hybridized carbons (Fsp3) is 0.125. The van der Waals surface area contributed by atoms with E-state index in [0.717, 1.165) is 5.56 Å². The minimum Gasteiger partial charge on any atom is -0.409 e. The summed E-state index contributed by atoms with van der Waals surface area (Å²) < 4.78 is 18.3. The molecule has 4 N–H and O–H groups in total. The van der Waals surface area contributed by atoms with Crippen molar-refractivity contribution in [3.63, 3.8) is 0 Å². The lowest BCUT2D eigenvalue weighted by atomic mass is 10.2. The summed E-state index contributed by atoms with van der Waals surface area (Å²) in [5, 5.41) is 25.8. The third-order valence-corrected chi connectivity index (χ3v) is 4.16. The third kappa shape index (κ3) is 4.70. The summed E-state index contributed by atoms with van der Waals surface area (Å²) in [6.45, 7) is 0.466. The first-order chi connectivity index (χ1) is 13.1. The Bertz CT molecular complexity index is 999. The van der Waals surface area contributed by atoms with Crippen molar-refractivity contribution in [3.8, 4) is 0 Å². The summed E-state index contributed by atoms with van der Waals surface area (Å²) in [7, 11) is 0. The average Bonchev–Trinajstić information content (AvgIpc) is 3.12. The van der Waals surface area contributed by atoms with E-state index < -0.39 is 5.82 Å². The number of benzene rings is 1. The van der Waals surface area contributed by atoms with Gasteiger partial charge in [0.15, 0.2) is 5.69 Å². The van der Waals surface area contributed by atoms with Crippen LogP contribution < -0.4 is 16.2 Å². The first kappa shape index (κ1) is 18.6. The molecule has 0 saturated carbocycles. The Morgan fingerprint density at radius 1 is 1.33 bits per heavy atom. The predicted molar refractivity (Wildman–Crippen MR) is 99.6 cm³/mol. The van der Waals surface area contributed by atoms with Gasteiger partial charge in [-0.05, 0) is 56.4 Å². The average molecular weight is 437 g/mol. The van der Waals surface area contributed by atoms with Gasteiger partial charge in [-0.1, -0.05) is 11.2 Å². The fourth-order valence-electron chi connectivity index (χ4n) is 2.23. The van der Waals surface area contributed by atoms with Crippen LogP contribution in [0, 0.1) is 5.82 Å². The predicted octanol–water partition coefficient (Wildman–Crippen LogP) is 2.56. The molecule has 0 radical (unpaired) electrons. The molecule has 3 aromatic rings. The first-order valence-electron chi connectivity index (χ1n) is 7.75. The summed E-state index contributed by atoms with van der Waals surface area (Å²) in [5.74, 6) is -0.182. The normalized spacial score (nSPS) is 11.4. The van der Waals surface area contributed by atoms with Crippen molar-refractivity contribution >= 4 is 33.3 Å². The van der Waals surface area contributed by atoms with E-state index in [1.807, 2.05) is 0 Å². The molecule has 0 aliphatic rings. The van der Waals surface area contributed by atoms with Crippen LogP contribution in [0.5, 0.6) is 0 Å². The lowest BCUT2D eigenvalue weighted by Crippen LogP contribution is -2.17. The van der Waals surface area contributed by atoms with Crippen LogP contribution in [-0.4, -0.2) is 32.9 Å². The number of nitrogens with one attached hydrogen (secondary N) is 3. The highest BCUT2D eigenvalue weighted by Crippen LogP contribution is 2.21. The zero-order chi connectivity index (χ0) is 19.2. The second-order valence-electron chi connectivity index (χ2n) is 5.40.